The van der Waals surface area contributed by atoms with E-state index >= 15 is 0 Å². The van der Waals surface area contributed by atoms with Crippen molar-refractivity contribution in [1.82, 2.24) is 0 Å². The minimum atomic E-state index is -5.57. The summed E-state index contributed by atoms with van der Waals surface area (Å²) in [6.45, 7) is 0. The highest BCUT2D eigenvalue weighted by Crippen LogP contribution is 2.44. The van der Waals surface area contributed by atoms with E-state index < -0.39 is 69.1 Å². The second kappa shape index (κ2) is 9.56. The molecule has 0 N–H and O–H groups in total. The summed E-state index contributed by atoms with van der Waals surface area (Å²) in [5.41, 5.74) is -7.78. The molecule has 0 heterocycles. The molecule has 0 amide bonds. The quantitative estimate of drug-likeness (QED) is 0.195. The maximum atomic E-state index is 14.1. The Hall–Kier alpha value is -2.61. The third kappa shape index (κ3) is 5.06. The number of carbonyl (C=O) groups excluding carboxylic acids is 2. The fourth-order valence-corrected chi connectivity index (χ4v) is 5.67. The molecule has 34 heavy (non-hydrogen) atoms. The summed E-state index contributed by atoms with van der Waals surface area (Å²) in [5.74, 6) is -1.26. The average molecular weight is 539 g/mol. The average Bonchev–Trinajstić information content (AvgIpc) is 2.76. The predicted octanol–water partition coefficient (Wildman–Crippen LogP) is 7.29. The van der Waals surface area contributed by atoms with E-state index in [4.69, 9.17) is 23.2 Å². The third-order valence-corrected chi connectivity index (χ3v) is 6.96. The highest BCUT2D eigenvalue weighted by atomic mass is 35.5. The number of benzene rings is 3. The van der Waals surface area contributed by atoms with Crippen molar-refractivity contribution in [3.8, 4) is 0 Å². The molecule has 3 aromatic rings. The first kappa shape index (κ1) is 26.0. The van der Waals surface area contributed by atoms with E-state index in [2.05, 4.69) is 0 Å². The maximum absolute atomic E-state index is 14.1. The fourth-order valence-electron chi connectivity index (χ4n) is 3.25. The molecule has 1 unspecified atom stereocenters. The van der Waals surface area contributed by atoms with Crippen LogP contribution < -0.4 is 5.30 Å². The Bertz CT molecular complexity index is 1280. The lowest BCUT2D eigenvalue weighted by atomic mass is 9.95. The molecule has 0 bridgehead atoms. The number of alkyl halides is 6. The highest BCUT2D eigenvalue weighted by Gasteiger charge is 2.46. The van der Waals surface area contributed by atoms with Crippen LogP contribution in [-0.2, 0) is 16.9 Å². The molecule has 3 rings (SSSR count). The van der Waals surface area contributed by atoms with Gasteiger partial charge in [-0.1, -0.05) is 59.6 Å². The molecule has 3 aromatic carbocycles. The molecule has 178 valence electrons. The van der Waals surface area contributed by atoms with Crippen LogP contribution in [0.4, 0.5) is 26.3 Å². The van der Waals surface area contributed by atoms with Crippen LogP contribution >= 0.6 is 31.0 Å². The Kier molecular flexibility index (Phi) is 7.31. The molecule has 0 aliphatic rings. The summed E-state index contributed by atoms with van der Waals surface area (Å²) < 4.78 is 96.7. The number of hydrogen-bond donors (Lipinski definition) is 0. The summed E-state index contributed by atoms with van der Waals surface area (Å²) in [4.78, 5) is 25.6. The molecule has 12 heteroatoms. The van der Waals surface area contributed by atoms with Crippen molar-refractivity contribution in [1.29, 1.82) is 0 Å². The van der Waals surface area contributed by atoms with E-state index in [9.17, 15) is 40.5 Å². The van der Waals surface area contributed by atoms with Crippen molar-refractivity contribution in [3.05, 3.63) is 98.5 Å². The van der Waals surface area contributed by atoms with Gasteiger partial charge in [-0.15, -0.1) is 0 Å². The molecular formula is C22H11Cl2F6O3P. The molecular weight excluding hydrogens is 528 g/mol. The zero-order chi connectivity index (χ0) is 25.4. The number of hydrogen-bond acceptors (Lipinski definition) is 3. The molecule has 0 fully saturated rings. The van der Waals surface area contributed by atoms with Gasteiger partial charge in [-0.25, -0.2) is 0 Å². The maximum Gasteiger partial charge on any atom is 0.417 e. The normalized spacial score (nSPS) is 12.9. The van der Waals surface area contributed by atoms with Gasteiger partial charge in [-0.2, -0.15) is 26.3 Å². The van der Waals surface area contributed by atoms with Crippen LogP contribution in [0.2, 0.25) is 10.0 Å². The second-order valence-corrected chi connectivity index (χ2v) is 9.28. The van der Waals surface area contributed by atoms with Crippen LogP contribution in [0.25, 0.3) is 0 Å². The van der Waals surface area contributed by atoms with Crippen molar-refractivity contribution in [2.24, 2.45) is 0 Å². The Morgan fingerprint density at radius 3 is 1.79 bits per heavy atom. The molecule has 0 saturated heterocycles. The van der Waals surface area contributed by atoms with E-state index in [1.807, 2.05) is 0 Å². The minimum Gasteiger partial charge on any atom is -0.313 e. The lowest BCUT2D eigenvalue weighted by molar-refractivity contribution is -0.141. The van der Waals surface area contributed by atoms with E-state index in [-0.39, 0.29) is 11.6 Å². The Morgan fingerprint density at radius 2 is 1.29 bits per heavy atom. The van der Waals surface area contributed by atoms with E-state index in [0.29, 0.717) is 6.07 Å². The number of halogens is 8. The fraction of sp³-hybridized carbons (Fsp3) is 0.0909. The Morgan fingerprint density at radius 1 is 0.735 bits per heavy atom. The summed E-state index contributed by atoms with van der Waals surface area (Å²) in [6, 6.07) is 10.5. The summed E-state index contributed by atoms with van der Waals surface area (Å²) in [6.07, 6.45) is -11.0. The molecule has 0 aromatic heterocycles. The highest BCUT2D eigenvalue weighted by molar-refractivity contribution is 7.71. The van der Waals surface area contributed by atoms with E-state index in [0.717, 1.165) is 24.3 Å². The van der Waals surface area contributed by atoms with Gasteiger partial charge >= 0.3 is 12.4 Å². The van der Waals surface area contributed by atoms with Crippen molar-refractivity contribution >= 4 is 47.6 Å². The summed E-state index contributed by atoms with van der Waals surface area (Å²) in [7, 11) is -4.55. The minimum absolute atomic E-state index is 0.199. The molecule has 0 aliphatic carbocycles. The van der Waals surface area contributed by atoms with Gasteiger partial charge in [0.05, 0.1) is 26.7 Å². The topological polar surface area (TPSA) is 51.2 Å². The van der Waals surface area contributed by atoms with Crippen molar-refractivity contribution in [2.75, 3.05) is 0 Å². The molecule has 0 saturated carbocycles. The molecule has 3 nitrogen and oxygen atoms in total. The van der Waals surface area contributed by atoms with Gasteiger partial charge in [-0.3, -0.25) is 9.59 Å². The molecule has 0 aliphatic heterocycles. The SMILES string of the molecule is O=C(c1ccccc1)c1ccc(C(F)(F)F)c([PH](=O)C(=O)c2c(Cl)cccc2Cl)c1C(F)(F)F. The van der Waals surface area contributed by atoms with Crippen LogP contribution in [0, 0.1) is 0 Å². The Balaban J connectivity index is 2.37. The van der Waals surface area contributed by atoms with Crippen LogP contribution in [0.3, 0.4) is 0 Å². The van der Waals surface area contributed by atoms with E-state index in [1.165, 1.54) is 24.3 Å². The van der Waals surface area contributed by atoms with Gasteiger partial charge in [0.2, 0.25) is 5.52 Å². The largest absolute Gasteiger partial charge is 0.417 e. The predicted molar refractivity (Wildman–Crippen MR) is 116 cm³/mol. The van der Waals surface area contributed by atoms with Crippen molar-refractivity contribution in [3.63, 3.8) is 0 Å². The van der Waals surface area contributed by atoms with E-state index in [1.54, 1.807) is 0 Å². The number of ketones is 1. The first-order valence-corrected chi connectivity index (χ1v) is 11.4. The van der Waals surface area contributed by atoms with Gasteiger partial charge in [0.25, 0.3) is 0 Å². The molecule has 0 radical (unpaired) electrons. The van der Waals surface area contributed by atoms with Gasteiger partial charge in [0.15, 0.2) is 13.6 Å². The first-order chi connectivity index (χ1) is 15.7. The standard InChI is InChI=1S/C22H11Cl2F6O3P/c23-14-7-4-8-15(24)16(14)20(32)34(33)19-13(21(25,26)27)10-9-12(17(19)22(28,29)30)18(31)11-5-2-1-3-6-11/h1-10,34H. The monoisotopic (exact) mass is 538 g/mol. The van der Waals surface area contributed by atoms with Gasteiger partial charge in [0.1, 0.15) is 0 Å². The third-order valence-electron chi connectivity index (χ3n) is 4.70. The lowest BCUT2D eigenvalue weighted by Gasteiger charge is -2.21. The summed E-state index contributed by atoms with van der Waals surface area (Å²) >= 11 is 11.7. The van der Waals surface area contributed by atoms with Crippen molar-refractivity contribution < 1.29 is 40.5 Å². The van der Waals surface area contributed by atoms with Gasteiger partial charge in [0, 0.05) is 16.4 Å². The lowest BCUT2D eigenvalue weighted by Crippen LogP contribution is -2.29. The smallest absolute Gasteiger partial charge is 0.313 e. The Labute approximate surface area is 199 Å². The summed E-state index contributed by atoms with van der Waals surface area (Å²) in [5, 5.41) is -2.64. The number of rotatable bonds is 5. The second-order valence-electron chi connectivity index (χ2n) is 6.86. The van der Waals surface area contributed by atoms with Gasteiger partial charge < -0.3 is 4.57 Å². The van der Waals surface area contributed by atoms with Crippen LogP contribution in [0.15, 0.2) is 60.7 Å². The molecule has 1 atom stereocenters. The van der Waals surface area contributed by atoms with Crippen LogP contribution in [0.1, 0.15) is 37.4 Å². The van der Waals surface area contributed by atoms with Crippen molar-refractivity contribution in [2.45, 2.75) is 12.4 Å². The van der Waals surface area contributed by atoms with Crippen LogP contribution in [0.5, 0.6) is 0 Å². The van der Waals surface area contributed by atoms with Crippen LogP contribution in [-0.4, -0.2) is 11.3 Å². The first-order valence-electron chi connectivity index (χ1n) is 9.19. The zero-order valence-corrected chi connectivity index (χ0v) is 19.0. The zero-order valence-electron chi connectivity index (χ0n) is 16.5. The number of carbonyl (C=O) groups is 2. The van der Waals surface area contributed by atoms with Gasteiger partial charge in [-0.05, 0) is 24.3 Å². The molecule has 0 spiro atoms.